The largest absolute Gasteiger partial charge is 0.469 e. The molecule has 2 rings (SSSR count). The fourth-order valence-electron chi connectivity index (χ4n) is 1.76. The number of halogens is 1. The van der Waals surface area contributed by atoms with E-state index >= 15 is 0 Å². The zero-order valence-electron chi connectivity index (χ0n) is 10.3. The minimum atomic E-state index is -0.767. The second-order valence-corrected chi connectivity index (χ2v) is 4.84. The van der Waals surface area contributed by atoms with E-state index in [1.54, 1.807) is 24.3 Å². The van der Waals surface area contributed by atoms with Crippen molar-refractivity contribution in [2.75, 3.05) is 13.7 Å². The number of aromatic nitrogens is 2. The predicted molar refractivity (Wildman–Crippen MR) is 69.3 cm³/mol. The maximum atomic E-state index is 10.4. The quantitative estimate of drug-likeness (QED) is 0.919. The summed E-state index contributed by atoms with van der Waals surface area (Å²) in [4.78, 5) is 0. The highest BCUT2D eigenvalue weighted by Crippen LogP contribution is 2.29. The number of nitrogens with zero attached hydrogens (tertiary/aromatic N) is 2. The molecule has 0 aliphatic rings. The SMILES string of the molecule is COCCn1ncc(Br)c1C(O)c1coc(C)c1. The molecule has 1 atom stereocenters. The number of ether oxygens (including phenoxy) is 1. The molecule has 0 aliphatic heterocycles. The lowest BCUT2D eigenvalue weighted by Gasteiger charge is -2.12. The Morgan fingerprint density at radius 1 is 1.61 bits per heavy atom. The van der Waals surface area contributed by atoms with Gasteiger partial charge in [-0.05, 0) is 28.9 Å². The smallest absolute Gasteiger partial charge is 0.125 e. The molecular weight excluding hydrogens is 300 g/mol. The van der Waals surface area contributed by atoms with Crippen molar-refractivity contribution in [3.63, 3.8) is 0 Å². The monoisotopic (exact) mass is 314 g/mol. The van der Waals surface area contributed by atoms with Crippen molar-refractivity contribution in [2.45, 2.75) is 19.6 Å². The van der Waals surface area contributed by atoms with Gasteiger partial charge in [0, 0.05) is 12.7 Å². The fourth-order valence-corrected chi connectivity index (χ4v) is 2.28. The van der Waals surface area contributed by atoms with Gasteiger partial charge >= 0.3 is 0 Å². The van der Waals surface area contributed by atoms with Gasteiger partial charge in [0.05, 0.1) is 35.8 Å². The van der Waals surface area contributed by atoms with Crippen LogP contribution in [0.4, 0.5) is 0 Å². The highest BCUT2D eigenvalue weighted by atomic mass is 79.9. The Bertz CT molecular complexity index is 521. The number of furan rings is 1. The van der Waals surface area contributed by atoms with Gasteiger partial charge in [-0.1, -0.05) is 0 Å². The molecule has 0 spiro atoms. The van der Waals surface area contributed by atoms with Crippen LogP contribution in [0.1, 0.15) is 23.1 Å². The summed E-state index contributed by atoms with van der Waals surface area (Å²) in [6.45, 7) is 2.97. The highest BCUT2D eigenvalue weighted by Gasteiger charge is 2.20. The van der Waals surface area contributed by atoms with E-state index in [0.717, 1.165) is 10.2 Å². The van der Waals surface area contributed by atoms with Gasteiger partial charge in [-0.3, -0.25) is 4.68 Å². The lowest BCUT2D eigenvalue weighted by Crippen LogP contribution is -2.13. The van der Waals surface area contributed by atoms with Gasteiger partial charge in [-0.15, -0.1) is 0 Å². The molecule has 0 saturated heterocycles. The zero-order valence-corrected chi connectivity index (χ0v) is 11.8. The summed E-state index contributed by atoms with van der Waals surface area (Å²) in [7, 11) is 1.63. The first-order chi connectivity index (χ1) is 8.63. The molecule has 0 amide bonds. The van der Waals surface area contributed by atoms with Crippen LogP contribution in [0.25, 0.3) is 0 Å². The number of rotatable bonds is 5. The van der Waals surface area contributed by atoms with Crippen LogP contribution >= 0.6 is 15.9 Å². The van der Waals surface area contributed by atoms with Gasteiger partial charge in [-0.25, -0.2) is 0 Å². The van der Waals surface area contributed by atoms with Crippen LogP contribution in [0.5, 0.6) is 0 Å². The topological polar surface area (TPSA) is 60.4 Å². The molecule has 0 bridgehead atoms. The zero-order chi connectivity index (χ0) is 13.1. The second-order valence-electron chi connectivity index (χ2n) is 3.99. The van der Waals surface area contributed by atoms with Crippen molar-refractivity contribution in [1.29, 1.82) is 0 Å². The van der Waals surface area contributed by atoms with Gasteiger partial charge < -0.3 is 14.3 Å². The lowest BCUT2D eigenvalue weighted by atomic mass is 10.1. The predicted octanol–water partition coefficient (Wildman–Crippen LogP) is 2.28. The Labute approximate surface area is 113 Å². The normalized spacial score (nSPS) is 12.9. The molecule has 2 heterocycles. The molecule has 6 heteroatoms. The summed E-state index contributed by atoms with van der Waals surface area (Å²) < 4.78 is 12.7. The molecule has 0 radical (unpaired) electrons. The van der Waals surface area contributed by atoms with Crippen molar-refractivity contribution in [1.82, 2.24) is 9.78 Å². The molecule has 18 heavy (non-hydrogen) atoms. The van der Waals surface area contributed by atoms with Gasteiger partial charge in [0.15, 0.2) is 0 Å². The Morgan fingerprint density at radius 2 is 2.39 bits per heavy atom. The van der Waals surface area contributed by atoms with Crippen LogP contribution in [-0.2, 0) is 11.3 Å². The van der Waals surface area contributed by atoms with Crippen molar-refractivity contribution < 1.29 is 14.3 Å². The first kappa shape index (κ1) is 13.3. The van der Waals surface area contributed by atoms with Crippen molar-refractivity contribution in [3.05, 3.63) is 40.0 Å². The lowest BCUT2D eigenvalue weighted by molar-refractivity contribution is 0.171. The molecule has 1 N–H and O–H groups in total. The molecule has 0 aliphatic carbocycles. The van der Waals surface area contributed by atoms with Gasteiger partial charge in [-0.2, -0.15) is 5.10 Å². The van der Waals surface area contributed by atoms with Gasteiger partial charge in [0.25, 0.3) is 0 Å². The number of aryl methyl sites for hydroxylation is 1. The molecule has 5 nitrogen and oxygen atoms in total. The summed E-state index contributed by atoms with van der Waals surface area (Å²) in [5, 5.41) is 14.6. The minimum Gasteiger partial charge on any atom is -0.469 e. The molecule has 2 aromatic heterocycles. The van der Waals surface area contributed by atoms with Crippen LogP contribution in [0.3, 0.4) is 0 Å². The molecule has 0 aromatic carbocycles. The molecule has 0 fully saturated rings. The molecule has 2 aromatic rings. The summed E-state index contributed by atoms with van der Waals surface area (Å²) >= 11 is 3.40. The Balaban J connectivity index is 2.28. The van der Waals surface area contributed by atoms with E-state index in [9.17, 15) is 5.11 Å². The van der Waals surface area contributed by atoms with Crippen LogP contribution < -0.4 is 0 Å². The average molecular weight is 315 g/mol. The number of aliphatic hydroxyl groups excluding tert-OH is 1. The molecule has 1 unspecified atom stereocenters. The molecular formula is C12H15BrN2O3. The van der Waals surface area contributed by atoms with Crippen molar-refractivity contribution >= 4 is 15.9 Å². The van der Waals surface area contributed by atoms with E-state index in [1.807, 2.05) is 13.0 Å². The summed E-state index contributed by atoms with van der Waals surface area (Å²) in [6.07, 6.45) is 2.46. The average Bonchev–Trinajstić information content (AvgIpc) is 2.92. The van der Waals surface area contributed by atoms with Crippen molar-refractivity contribution in [3.8, 4) is 0 Å². The first-order valence-corrected chi connectivity index (χ1v) is 6.36. The van der Waals surface area contributed by atoms with Gasteiger partial charge in [0.1, 0.15) is 11.9 Å². The van der Waals surface area contributed by atoms with Crippen LogP contribution in [0.2, 0.25) is 0 Å². The fraction of sp³-hybridized carbons (Fsp3) is 0.417. The van der Waals surface area contributed by atoms with Crippen LogP contribution in [0, 0.1) is 6.92 Å². The summed E-state index contributed by atoms with van der Waals surface area (Å²) in [5.74, 6) is 0.767. The second kappa shape index (κ2) is 5.69. The van der Waals surface area contributed by atoms with E-state index in [1.165, 1.54) is 0 Å². The van der Waals surface area contributed by atoms with Crippen molar-refractivity contribution in [2.24, 2.45) is 0 Å². The van der Waals surface area contributed by atoms with Gasteiger partial charge in [0.2, 0.25) is 0 Å². The maximum absolute atomic E-state index is 10.4. The standard InChI is InChI=1S/C12H15BrN2O3/c1-8-5-9(7-18-8)12(16)11-10(13)6-14-15(11)3-4-17-2/h5-7,12,16H,3-4H2,1-2H3. The van der Waals surface area contributed by atoms with E-state index in [0.29, 0.717) is 24.4 Å². The summed E-state index contributed by atoms with van der Waals surface area (Å²) in [5.41, 5.74) is 1.42. The summed E-state index contributed by atoms with van der Waals surface area (Å²) in [6, 6.07) is 1.81. The number of methoxy groups -OCH3 is 1. The first-order valence-electron chi connectivity index (χ1n) is 5.56. The Hall–Kier alpha value is -1.11. The highest BCUT2D eigenvalue weighted by molar-refractivity contribution is 9.10. The van der Waals surface area contributed by atoms with E-state index < -0.39 is 6.10 Å². The number of aliphatic hydroxyl groups is 1. The Morgan fingerprint density at radius 3 is 3.00 bits per heavy atom. The van der Waals surface area contributed by atoms with Crippen LogP contribution in [-0.4, -0.2) is 28.6 Å². The van der Waals surface area contributed by atoms with E-state index in [2.05, 4.69) is 21.0 Å². The third-order valence-corrected chi connectivity index (χ3v) is 3.28. The number of hydrogen-bond acceptors (Lipinski definition) is 4. The Kier molecular flexibility index (Phi) is 4.21. The molecule has 98 valence electrons. The maximum Gasteiger partial charge on any atom is 0.125 e. The third-order valence-electron chi connectivity index (χ3n) is 2.67. The minimum absolute atomic E-state index is 0.540. The van der Waals surface area contributed by atoms with E-state index in [-0.39, 0.29) is 0 Å². The number of hydrogen-bond donors (Lipinski definition) is 1. The van der Waals surface area contributed by atoms with E-state index in [4.69, 9.17) is 9.15 Å². The molecule has 0 saturated carbocycles. The third kappa shape index (κ3) is 2.66. The van der Waals surface area contributed by atoms with Crippen LogP contribution in [0.15, 0.2) is 27.4 Å².